The molecule has 18 heavy (non-hydrogen) atoms. The minimum absolute atomic E-state index is 0.193. The number of hydrogen-bond acceptors (Lipinski definition) is 5. The van der Waals surface area contributed by atoms with Crippen LogP contribution in [0.25, 0.3) is 0 Å². The van der Waals surface area contributed by atoms with Crippen molar-refractivity contribution in [1.29, 1.82) is 0 Å². The normalized spacial score (nSPS) is 13.8. The molecule has 0 atom stereocenters. The molecule has 7 heteroatoms. The lowest BCUT2D eigenvalue weighted by Crippen LogP contribution is -2.48. The van der Waals surface area contributed by atoms with Crippen LogP contribution in [0, 0.1) is 0 Å². The zero-order valence-corrected chi connectivity index (χ0v) is 9.38. The van der Waals surface area contributed by atoms with Crippen molar-refractivity contribution in [2.45, 2.75) is 6.54 Å². The molecule has 1 aromatic carbocycles. The van der Waals surface area contributed by atoms with Gasteiger partial charge < -0.3 is 16.2 Å². The summed E-state index contributed by atoms with van der Waals surface area (Å²) in [6, 6.07) is 4.82. The van der Waals surface area contributed by atoms with Gasteiger partial charge in [-0.2, -0.15) is 0 Å². The number of nitrogens with zero attached hydrogens (tertiary/aromatic N) is 1. The molecular weight excluding hydrogens is 238 g/mol. The SMILES string of the molecule is NCc1ccc2c(c1)N(C(=O)C(N)=O)C(=O)CO2. The Bertz CT molecular complexity index is 541. The number of nitrogens with two attached hydrogens (primary N) is 2. The Hall–Kier alpha value is -2.41. The van der Waals surface area contributed by atoms with Crippen molar-refractivity contribution in [2.75, 3.05) is 11.5 Å². The van der Waals surface area contributed by atoms with E-state index in [1.807, 2.05) is 0 Å². The second kappa shape index (κ2) is 4.46. The molecule has 0 saturated heterocycles. The van der Waals surface area contributed by atoms with Gasteiger partial charge in [0.05, 0.1) is 5.69 Å². The van der Waals surface area contributed by atoms with Crippen molar-refractivity contribution in [3.05, 3.63) is 23.8 Å². The Morgan fingerprint density at radius 3 is 2.72 bits per heavy atom. The number of anilines is 1. The van der Waals surface area contributed by atoms with Gasteiger partial charge in [0.25, 0.3) is 5.91 Å². The lowest BCUT2D eigenvalue weighted by atomic mass is 10.1. The van der Waals surface area contributed by atoms with E-state index in [2.05, 4.69) is 0 Å². The van der Waals surface area contributed by atoms with E-state index in [1.165, 1.54) is 6.07 Å². The Morgan fingerprint density at radius 1 is 1.39 bits per heavy atom. The fourth-order valence-corrected chi connectivity index (χ4v) is 1.66. The fraction of sp³-hybridized carbons (Fsp3) is 0.182. The zero-order valence-electron chi connectivity index (χ0n) is 9.38. The van der Waals surface area contributed by atoms with Crippen LogP contribution >= 0.6 is 0 Å². The van der Waals surface area contributed by atoms with Crippen molar-refractivity contribution >= 4 is 23.4 Å². The van der Waals surface area contributed by atoms with Gasteiger partial charge >= 0.3 is 11.8 Å². The summed E-state index contributed by atoms with van der Waals surface area (Å²) in [4.78, 5) is 34.9. The van der Waals surface area contributed by atoms with Crippen LogP contribution in [0.1, 0.15) is 5.56 Å². The van der Waals surface area contributed by atoms with Crippen LogP contribution in [-0.4, -0.2) is 24.3 Å². The number of ether oxygens (including phenoxy) is 1. The second-order valence-electron chi connectivity index (χ2n) is 3.69. The highest BCUT2D eigenvalue weighted by atomic mass is 16.5. The van der Waals surface area contributed by atoms with E-state index >= 15 is 0 Å². The molecule has 0 unspecified atom stereocenters. The van der Waals surface area contributed by atoms with Crippen molar-refractivity contribution in [3.8, 4) is 5.75 Å². The second-order valence-corrected chi connectivity index (χ2v) is 3.69. The van der Waals surface area contributed by atoms with E-state index in [9.17, 15) is 14.4 Å². The number of carbonyl (C=O) groups is 3. The summed E-state index contributed by atoms with van der Waals surface area (Å²) in [5, 5.41) is 0. The predicted molar refractivity (Wildman–Crippen MR) is 61.5 cm³/mol. The smallest absolute Gasteiger partial charge is 0.323 e. The largest absolute Gasteiger partial charge is 0.482 e. The summed E-state index contributed by atoms with van der Waals surface area (Å²) >= 11 is 0. The molecule has 3 amide bonds. The number of imide groups is 1. The van der Waals surface area contributed by atoms with Gasteiger partial charge in [-0.05, 0) is 17.7 Å². The van der Waals surface area contributed by atoms with E-state index in [1.54, 1.807) is 12.1 Å². The van der Waals surface area contributed by atoms with Gasteiger partial charge in [-0.15, -0.1) is 0 Å². The van der Waals surface area contributed by atoms with Gasteiger partial charge in [0.1, 0.15) is 5.75 Å². The molecule has 0 saturated carbocycles. The van der Waals surface area contributed by atoms with E-state index < -0.39 is 17.7 Å². The third-order valence-electron chi connectivity index (χ3n) is 2.51. The highest BCUT2D eigenvalue weighted by molar-refractivity contribution is 6.45. The Morgan fingerprint density at radius 2 is 2.11 bits per heavy atom. The van der Waals surface area contributed by atoms with Crippen molar-refractivity contribution in [1.82, 2.24) is 0 Å². The van der Waals surface area contributed by atoms with Gasteiger partial charge in [-0.25, -0.2) is 4.90 Å². The Labute approximate surface area is 102 Å². The molecule has 0 bridgehead atoms. The first-order valence-corrected chi connectivity index (χ1v) is 5.17. The van der Waals surface area contributed by atoms with E-state index in [-0.39, 0.29) is 18.8 Å². The van der Waals surface area contributed by atoms with Crippen LogP contribution in [0.4, 0.5) is 5.69 Å². The minimum Gasteiger partial charge on any atom is -0.482 e. The molecule has 4 N–H and O–H groups in total. The lowest BCUT2D eigenvalue weighted by molar-refractivity contribution is -0.138. The number of hydrogen-bond donors (Lipinski definition) is 2. The highest BCUT2D eigenvalue weighted by Gasteiger charge is 2.33. The third kappa shape index (κ3) is 1.91. The van der Waals surface area contributed by atoms with E-state index in [0.29, 0.717) is 11.3 Å². The zero-order chi connectivity index (χ0) is 13.3. The first-order chi connectivity index (χ1) is 8.54. The van der Waals surface area contributed by atoms with Crippen LogP contribution in [0.5, 0.6) is 5.75 Å². The number of carbonyl (C=O) groups excluding carboxylic acids is 3. The van der Waals surface area contributed by atoms with Crippen LogP contribution in [0.2, 0.25) is 0 Å². The maximum atomic E-state index is 11.6. The monoisotopic (exact) mass is 249 g/mol. The maximum absolute atomic E-state index is 11.6. The van der Waals surface area contributed by atoms with Crippen LogP contribution in [0.15, 0.2) is 18.2 Å². The quantitative estimate of drug-likeness (QED) is 0.612. The van der Waals surface area contributed by atoms with Gasteiger partial charge in [0.2, 0.25) is 0 Å². The molecular formula is C11H11N3O4. The Balaban J connectivity index is 2.52. The van der Waals surface area contributed by atoms with Crippen molar-refractivity contribution < 1.29 is 19.1 Å². The molecule has 2 rings (SSSR count). The number of amides is 3. The predicted octanol–water partition coefficient (Wildman–Crippen LogP) is -1.12. The molecule has 1 aliphatic rings. The van der Waals surface area contributed by atoms with E-state index in [4.69, 9.17) is 16.2 Å². The topological polar surface area (TPSA) is 116 Å². The number of rotatable bonds is 1. The van der Waals surface area contributed by atoms with Gasteiger partial charge in [0.15, 0.2) is 6.61 Å². The minimum atomic E-state index is -1.20. The molecule has 0 aliphatic carbocycles. The Kier molecular flexibility index (Phi) is 2.99. The molecule has 0 radical (unpaired) electrons. The van der Waals surface area contributed by atoms with Crippen LogP contribution < -0.4 is 21.1 Å². The summed E-state index contributed by atoms with van der Waals surface area (Å²) < 4.78 is 5.16. The van der Waals surface area contributed by atoms with Gasteiger partial charge in [0, 0.05) is 6.54 Å². The van der Waals surface area contributed by atoms with Gasteiger partial charge in [-0.3, -0.25) is 14.4 Å². The third-order valence-corrected chi connectivity index (χ3v) is 2.51. The maximum Gasteiger partial charge on any atom is 0.323 e. The van der Waals surface area contributed by atoms with Crippen molar-refractivity contribution in [3.63, 3.8) is 0 Å². The molecule has 0 spiro atoms. The van der Waals surface area contributed by atoms with Crippen molar-refractivity contribution in [2.24, 2.45) is 11.5 Å². The number of fused-ring (bicyclic) bond motifs is 1. The van der Waals surface area contributed by atoms with Crippen LogP contribution in [0.3, 0.4) is 0 Å². The molecule has 0 fully saturated rings. The first kappa shape index (κ1) is 12.1. The van der Waals surface area contributed by atoms with Crippen LogP contribution in [-0.2, 0) is 20.9 Å². The molecule has 1 heterocycles. The average Bonchev–Trinajstić information content (AvgIpc) is 2.37. The molecule has 7 nitrogen and oxygen atoms in total. The highest BCUT2D eigenvalue weighted by Crippen LogP contribution is 2.32. The lowest BCUT2D eigenvalue weighted by Gasteiger charge is -2.27. The molecule has 94 valence electrons. The van der Waals surface area contributed by atoms with E-state index in [0.717, 1.165) is 4.90 Å². The first-order valence-electron chi connectivity index (χ1n) is 5.17. The molecule has 1 aliphatic heterocycles. The standard InChI is InChI=1S/C11H11N3O4/c12-4-6-1-2-8-7(3-6)14(9(15)5-18-8)11(17)10(13)16/h1-3H,4-5,12H2,(H2,13,16). The number of primary amides is 1. The summed E-state index contributed by atoms with van der Waals surface area (Å²) in [6.45, 7) is -0.0753. The fourth-order valence-electron chi connectivity index (χ4n) is 1.66. The van der Waals surface area contributed by atoms with Gasteiger partial charge in [-0.1, -0.05) is 6.07 Å². The summed E-state index contributed by atoms with van der Waals surface area (Å²) in [5.41, 5.74) is 11.3. The molecule has 1 aromatic rings. The summed E-state index contributed by atoms with van der Waals surface area (Å²) in [6.07, 6.45) is 0. The summed E-state index contributed by atoms with van der Waals surface area (Å²) in [5.74, 6) is -2.59. The number of benzene rings is 1. The molecule has 0 aromatic heterocycles. The summed E-state index contributed by atoms with van der Waals surface area (Å²) in [7, 11) is 0. The average molecular weight is 249 g/mol.